The second kappa shape index (κ2) is 6.27. The Kier molecular flexibility index (Phi) is 4.20. The number of rotatable bonds is 4. The molecule has 1 heterocycles. The van der Waals surface area contributed by atoms with E-state index in [4.69, 9.17) is 4.74 Å². The highest BCUT2D eigenvalue weighted by molar-refractivity contribution is 5.32. The number of ether oxygens (including phenoxy) is 1. The van der Waals surface area contributed by atoms with Crippen LogP contribution in [-0.4, -0.2) is 12.0 Å². The lowest BCUT2D eigenvalue weighted by Gasteiger charge is -2.26. The standard InChI is InChI=1S/C18H22N2O/c1-13-15(12-19-2)10-11-18(20-13)21-17-9-5-7-14-6-3-4-8-16(14)17/h3-4,6,8,10-11,17,19H,5,7,9,12H2,1-2H3. The van der Waals surface area contributed by atoms with E-state index in [0.717, 1.165) is 31.0 Å². The van der Waals surface area contributed by atoms with Crippen molar-refractivity contribution in [3.05, 3.63) is 58.8 Å². The van der Waals surface area contributed by atoms with Gasteiger partial charge in [-0.15, -0.1) is 0 Å². The predicted octanol–water partition coefficient (Wildman–Crippen LogP) is 3.57. The summed E-state index contributed by atoms with van der Waals surface area (Å²) in [7, 11) is 1.95. The van der Waals surface area contributed by atoms with Gasteiger partial charge in [-0.3, -0.25) is 0 Å². The molecule has 0 fully saturated rings. The third kappa shape index (κ3) is 3.08. The molecule has 21 heavy (non-hydrogen) atoms. The lowest BCUT2D eigenvalue weighted by Crippen LogP contribution is -2.16. The van der Waals surface area contributed by atoms with Gasteiger partial charge in [0.1, 0.15) is 6.10 Å². The zero-order chi connectivity index (χ0) is 14.7. The van der Waals surface area contributed by atoms with Gasteiger partial charge >= 0.3 is 0 Å². The Labute approximate surface area is 126 Å². The number of aryl methyl sites for hydroxylation is 2. The molecule has 1 atom stereocenters. The molecule has 3 rings (SSSR count). The van der Waals surface area contributed by atoms with Crippen molar-refractivity contribution in [2.45, 2.75) is 38.8 Å². The van der Waals surface area contributed by atoms with Crippen LogP contribution in [0.2, 0.25) is 0 Å². The van der Waals surface area contributed by atoms with Crippen molar-refractivity contribution in [3.63, 3.8) is 0 Å². The SMILES string of the molecule is CNCc1ccc(OC2CCCc3ccccc32)nc1C. The molecule has 1 aromatic carbocycles. The monoisotopic (exact) mass is 282 g/mol. The van der Waals surface area contributed by atoms with E-state index in [1.165, 1.54) is 23.1 Å². The van der Waals surface area contributed by atoms with Gasteiger partial charge in [0.05, 0.1) is 0 Å². The summed E-state index contributed by atoms with van der Waals surface area (Å²) >= 11 is 0. The van der Waals surface area contributed by atoms with E-state index in [2.05, 4.69) is 40.6 Å². The molecule has 1 N–H and O–H groups in total. The summed E-state index contributed by atoms with van der Waals surface area (Å²) in [5, 5.41) is 3.16. The van der Waals surface area contributed by atoms with Crippen molar-refractivity contribution in [1.29, 1.82) is 0 Å². The molecular weight excluding hydrogens is 260 g/mol. The van der Waals surface area contributed by atoms with Crippen molar-refractivity contribution in [1.82, 2.24) is 10.3 Å². The van der Waals surface area contributed by atoms with E-state index in [9.17, 15) is 0 Å². The number of benzene rings is 1. The van der Waals surface area contributed by atoms with Crippen LogP contribution in [0.5, 0.6) is 5.88 Å². The number of nitrogens with one attached hydrogen (secondary N) is 1. The lowest BCUT2D eigenvalue weighted by atomic mass is 9.89. The van der Waals surface area contributed by atoms with Crippen LogP contribution in [0.1, 0.15) is 41.3 Å². The second-order valence-electron chi connectivity index (χ2n) is 5.62. The molecule has 0 bridgehead atoms. The predicted molar refractivity (Wildman–Crippen MR) is 84.5 cm³/mol. The summed E-state index contributed by atoms with van der Waals surface area (Å²) in [6.45, 7) is 2.87. The number of hydrogen-bond donors (Lipinski definition) is 1. The Morgan fingerprint density at radius 1 is 1.24 bits per heavy atom. The van der Waals surface area contributed by atoms with Crippen LogP contribution >= 0.6 is 0 Å². The van der Waals surface area contributed by atoms with Gasteiger partial charge in [0.25, 0.3) is 0 Å². The van der Waals surface area contributed by atoms with Crippen LogP contribution in [0.25, 0.3) is 0 Å². The summed E-state index contributed by atoms with van der Waals surface area (Å²) in [5.74, 6) is 0.731. The van der Waals surface area contributed by atoms with Crippen molar-refractivity contribution in [3.8, 4) is 5.88 Å². The average molecular weight is 282 g/mol. The Morgan fingerprint density at radius 3 is 2.90 bits per heavy atom. The molecular formula is C18H22N2O. The number of pyridine rings is 1. The minimum Gasteiger partial charge on any atom is -0.469 e. The lowest BCUT2D eigenvalue weighted by molar-refractivity contribution is 0.175. The Bertz CT molecular complexity index is 624. The maximum absolute atomic E-state index is 6.16. The van der Waals surface area contributed by atoms with Crippen LogP contribution in [-0.2, 0) is 13.0 Å². The Hall–Kier alpha value is -1.87. The molecule has 1 aliphatic rings. The molecule has 1 aliphatic carbocycles. The van der Waals surface area contributed by atoms with Crippen molar-refractivity contribution < 1.29 is 4.74 Å². The maximum atomic E-state index is 6.16. The van der Waals surface area contributed by atoms with E-state index in [1.54, 1.807) is 0 Å². The molecule has 0 radical (unpaired) electrons. The molecule has 3 heteroatoms. The maximum Gasteiger partial charge on any atom is 0.214 e. The average Bonchev–Trinajstić information content (AvgIpc) is 2.51. The third-order valence-electron chi connectivity index (χ3n) is 4.11. The molecule has 0 spiro atoms. The van der Waals surface area contributed by atoms with Crippen LogP contribution in [0, 0.1) is 6.92 Å². The second-order valence-corrected chi connectivity index (χ2v) is 5.62. The van der Waals surface area contributed by atoms with Gasteiger partial charge in [-0.25, -0.2) is 4.98 Å². The zero-order valence-electron chi connectivity index (χ0n) is 12.7. The number of fused-ring (bicyclic) bond motifs is 1. The summed E-state index contributed by atoms with van der Waals surface area (Å²) in [6, 6.07) is 12.7. The minimum absolute atomic E-state index is 0.136. The fourth-order valence-electron chi connectivity index (χ4n) is 2.99. The van der Waals surface area contributed by atoms with E-state index < -0.39 is 0 Å². The first-order chi connectivity index (χ1) is 10.3. The molecule has 1 aromatic heterocycles. The summed E-state index contributed by atoms with van der Waals surface area (Å²) in [6.07, 6.45) is 3.54. The van der Waals surface area contributed by atoms with E-state index in [1.807, 2.05) is 20.0 Å². The fraction of sp³-hybridized carbons (Fsp3) is 0.389. The number of aromatic nitrogens is 1. The van der Waals surface area contributed by atoms with Crippen molar-refractivity contribution in [2.24, 2.45) is 0 Å². The van der Waals surface area contributed by atoms with Gasteiger partial charge < -0.3 is 10.1 Å². The normalized spacial score (nSPS) is 17.3. The van der Waals surface area contributed by atoms with Crippen molar-refractivity contribution in [2.75, 3.05) is 7.05 Å². The first-order valence-corrected chi connectivity index (χ1v) is 7.63. The smallest absolute Gasteiger partial charge is 0.214 e. The first kappa shape index (κ1) is 14.1. The van der Waals surface area contributed by atoms with Gasteiger partial charge in [0, 0.05) is 18.3 Å². The van der Waals surface area contributed by atoms with Crippen LogP contribution < -0.4 is 10.1 Å². The van der Waals surface area contributed by atoms with E-state index in [0.29, 0.717) is 0 Å². The van der Waals surface area contributed by atoms with E-state index >= 15 is 0 Å². The first-order valence-electron chi connectivity index (χ1n) is 7.63. The van der Waals surface area contributed by atoms with Gasteiger partial charge in [0.2, 0.25) is 5.88 Å². The van der Waals surface area contributed by atoms with Gasteiger partial charge in [0.15, 0.2) is 0 Å². The minimum atomic E-state index is 0.136. The van der Waals surface area contributed by atoms with Crippen LogP contribution in [0.3, 0.4) is 0 Å². The molecule has 0 saturated heterocycles. The quantitative estimate of drug-likeness (QED) is 0.931. The molecule has 3 nitrogen and oxygen atoms in total. The summed E-state index contributed by atoms with van der Waals surface area (Å²) in [5.41, 5.74) is 4.99. The Balaban J connectivity index is 1.80. The Morgan fingerprint density at radius 2 is 2.10 bits per heavy atom. The molecule has 0 saturated carbocycles. The van der Waals surface area contributed by atoms with Gasteiger partial charge in [-0.1, -0.05) is 30.3 Å². The van der Waals surface area contributed by atoms with Crippen LogP contribution in [0.15, 0.2) is 36.4 Å². The van der Waals surface area contributed by atoms with Gasteiger partial charge in [-0.05, 0) is 49.9 Å². The number of nitrogens with zero attached hydrogens (tertiary/aromatic N) is 1. The highest BCUT2D eigenvalue weighted by atomic mass is 16.5. The van der Waals surface area contributed by atoms with Crippen LogP contribution in [0.4, 0.5) is 0 Å². The molecule has 0 amide bonds. The molecule has 2 aromatic rings. The fourth-order valence-corrected chi connectivity index (χ4v) is 2.99. The number of hydrogen-bond acceptors (Lipinski definition) is 3. The highest BCUT2D eigenvalue weighted by Gasteiger charge is 2.21. The molecule has 1 unspecified atom stereocenters. The van der Waals surface area contributed by atoms with E-state index in [-0.39, 0.29) is 6.10 Å². The van der Waals surface area contributed by atoms with Crippen molar-refractivity contribution >= 4 is 0 Å². The summed E-state index contributed by atoms with van der Waals surface area (Å²) < 4.78 is 6.16. The molecule has 0 aliphatic heterocycles. The summed E-state index contributed by atoms with van der Waals surface area (Å²) in [4.78, 5) is 4.60. The highest BCUT2D eigenvalue weighted by Crippen LogP contribution is 2.33. The molecule has 110 valence electrons. The largest absolute Gasteiger partial charge is 0.469 e. The topological polar surface area (TPSA) is 34.1 Å². The zero-order valence-corrected chi connectivity index (χ0v) is 12.7. The third-order valence-corrected chi connectivity index (χ3v) is 4.11. The van der Waals surface area contributed by atoms with Gasteiger partial charge in [-0.2, -0.15) is 0 Å².